The highest BCUT2D eigenvalue weighted by Gasteiger charge is 2.32. The minimum atomic E-state index is -3.38. The molecule has 1 N–H and O–H groups in total. The summed E-state index contributed by atoms with van der Waals surface area (Å²) in [6.45, 7) is 2.51. The first-order valence-corrected chi connectivity index (χ1v) is 6.77. The van der Waals surface area contributed by atoms with Gasteiger partial charge in [-0.1, -0.05) is 0 Å². The number of phenolic OH excluding ortho intramolecular Hbond substituents is 1. The van der Waals surface area contributed by atoms with E-state index in [4.69, 9.17) is 5.11 Å². The van der Waals surface area contributed by atoms with Crippen molar-refractivity contribution in [2.24, 2.45) is 0 Å². The first-order chi connectivity index (χ1) is 7.51. The summed E-state index contributed by atoms with van der Waals surface area (Å²) in [5.74, 6) is 0.0772. The van der Waals surface area contributed by atoms with Crippen LogP contribution < -0.4 is 0 Å². The van der Waals surface area contributed by atoms with Crippen LogP contribution in [0.3, 0.4) is 0 Å². The molecule has 1 heterocycles. The van der Waals surface area contributed by atoms with Gasteiger partial charge in [-0.05, 0) is 44.0 Å². The number of benzene rings is 1. The maximum absolute atomic E-state index is 12.2. The van der Waals surface area contributed by atoms with Crippen molar-refractivity contribution in [2.75, 3.05) is 6.54 Å². The second kappa shape index (κ2) is 4.07. The van der Waals surface area contributed by atoms with Gasteiger partial charge in [-0.2, -0.15) is 4.31 Å². The molecule has 1 aromatic rings. The maximum atomic E-state index is 12.2. The third kappa shape index (κ3) is 1.92. The van der Waals surface area contributed by atoms with Gasteiger partial charge in [0.15, 0.2) is 0 Å². The van der Waals surface area contributed by atoms with Gasteiger partial charge in [-0.3, -0.25) is 0 Å². The van der Waals surface area contributed by atoms with Crippen LogP contribution in [-0.2, 0) is 10.0 Å². The van der Waals surface area contributed by atoms with Crippen LogP contribution in [0.25, 0.3) is 0 Å². The second-order valence-electron chi connectivity index (χ2n) is 4.10. The van der Waals surface area contributed by atoms with Crippen LogP contribution in [0.15, 0.2) is 29.2 Å². The fourth-order valence-electron chi connectivity index (χ4n) is 2.02. The summed E-state index contributed by atoms with van der Waals surface area (Å²) in [5.41, 5.74) is 0. The molecule has 1 unspecified atom stereocenters. The van der Waals surface area contributed by atoms with E-state index in [1.54, 1.807) is 0 Å². The SMILES string of the molecule is CC1CCCN1S(=O)(=O)c1ccc(O)cc1. The molecular weight excluding hydrogens is 226 g/mol. The third-order valence-corrected chi connectivity index (χ3v) is 4.96. The lowest BCUT2D eigenvalue weighted by atomic mass is 10.3. The molecule has 1 aliphatic rings. The van der Waals surface area contributed by atoms with Crippen molar-refractivity contribution in [1.82, 2.24) is 4.31 Å². The van der Waals surface area contributed by atoms with Crippen LogP contribution >= 0.6 is 0 Å². The summed E-state index contributed by atoms with van der Waals surface area (Å²) >= 11 is 0. The minimum absolute atomic E-state index is 0.0683. The molecule has 0 aromatic heterocycles. The van der Waals surface area contributed by atoms with Gasteiger partial charge in [0.25, 0.3) is 0 Å². The van der Waals surface area contributed by atoms with Crippen molar-refractivity contribution in [1.29, 1.82) is 0 Å². The lowest BCUT2D eigenvalue weighted by Crippen LogP contribution is -2.33. The lowest BCUT2D eigenvalue weighted by molar-refractivity contribution is 0.408. The number of hydrogen-bond acceptors (Lipinski definition) is 3. The Balaban J connectivity index is 2.35. The van der Waals surface area contributed by atoms with Crippen molar-refractivity contribution in [3.63, 3.8) is 0 Å². The first-order valence-electron chi connectivity index (χ1n) is 5.33. The van der Waals surface area contributed by atoms with Gasteiger partial charge >= 0.3 is 0 Å². The fourth-order valence-corrected chi connectivity index (χ4v) is 3.72. The van der Waals surface area contributed by atoms with Crippen LogP contribution in [-0.4, -0.2) is 30.4 Å². The molecule has 4 nitrogen and oxygen atoms in total. The Bertz CT molecular complexity index is 467. The number of sulfonamides is 1. The molecule has 0 aliphatic carbocycles. The van der Waals surface area contributed by atoms with Gasteiger partial charge < -0.3 is 5.11 Å². The van der Waals surface area contributed by atoms with E-state index in [1.165, 1.54) is 28.6 Å². The van der Waals surface area contributed by atoms with E-state index in [1.807, 2.05) is 6.92 Å². The highest BCUT2D eigenvalue weighted by Crippen LogP contribution is 2.26. The van der Waals surface area contributed by atoms with E-state index >= 15 is 0 Å². The zero-order valence-corrected chi connectivity index (χ0v) is 9.94. The normalized spacial score (nSPS) is 22.4. The van der Waals surface area contributed by atoms with E-state index in [2.05, 4.69) is 0 Å². The van der Waals surface area contributed by atoms with E-state index in [-0.39, 0.29) is 16.7 Å². The molecule has 1 aromatic carbocycles. The Morgan fingerprint density at radius 1 is 1.31 bits per heavy atom. The molecule has 1 atom stereocenters. The number of hydrogen-bond donors (Lipinski definition) is 1. The van der Waals surface area contributed by atoms with E-state index in [0.717, 1.165) is 12.8 Å². The highest BCUT2D eigenvalue weighted by molar-refractivity contribution is 7.89. The molecule has 1 aliphatic heterocycles. The van der Waals surface area contributed by atoms with Crippen molar-refractivity contribution in [3.8, 4) is 5.75 Å². The van der Waals surface area contributed by atoms with Crippen molar-refractivity contribution < 1.29 is 13.5 Å². The van der Waals surface area contributed by atoms with Gasteiger partial charge in [0.1, 0.15) is 5.75 Å². The highest BCUT2D eigenvalue weighted by atomic mass is 32.2. The third-order valence-electron chi connectivity index (χ3n) is 2.94. The predicted molar refractivity (Wildman–Crippen MR) is 60.7 cm³/mol. The summed E-state index contributed by atoms with van der Waals surface area (Å²) in [7, 11) is -3.38. The molecule has 16 heavy (non-hydrogen) atoms. The van der Waals surface area contributed by atoms with Crippen molar-refractivity contribution >= 4 is 10.0 Å². The molecule has 1 fully saturated rings. The lowest BCUT2D eigenvalue weighted by Gasteiger charge is -2.20. The average Bonchev–Trinajstić information content (AvgIpc) is 2.66. The second-order valence-corrected chi connectivity index (χ2v) is 5.99. The number of rotatable bonds is 2. The molecule has 0 amide bonds. The van der Waals surface area contributed by atoms with E-state index in [0.29, 0.717) is 6.54 Å². The summed E-state index contributed by atoms with van der Waals surface area (Å²) in [6, 6.07) is 5.74. The minimum Gasteiger partial charge on any atom is -0.508 e. The Morgan fingerprint density at radius 2 is 1.94 bits per heavy atom. The standard InChI is InChI=1S/C11H15NO3S/c1-9-3-2-8-12(9)16(14,15)11-6-4-10(13)5-7-11/h4-7,9,13H,2-3,8H2,1H3. The Hall–Kier alpha value is -1.07. The van der Waals surface area contributed by atoms with Crippen LogP contribution in [0.5, 0.6) is 5.75 Å². The van der Waals surface area contributed by atoms with Gasteiger partial charge in [0.05, 0.1) is 4.90 Å². The van der Waals surface area contributed by atoms with Crippen LogP contribution in [0.1, 0.15) is 19.8 Å². The molecule has 2 rings (SSSR count). The summed E-state index contributed by atoms with van der Waals surface area (Å²) in [4.78, 5) is 0.249. The zero-order valence-electron chi connectivity index (χ0n) is 9.13. The smallest absolute Gasteiger partial charge is 0.243 e. The fraction of sp³-hybridized carbons (Fsp3) is 0.455. The van der Waals surface area contributed by atoms with Crippen molar-refractivity contribution in [2.45, 2.75) is 30.7 Å². The molecule has 0 radical (unpaired) electrons. The molecule has 88 valence electrons. The summed E-state index contributed by atoms with van der Waals surface area (Å²) in [5, 5.41) is 9.13. The molecule has 0 spiro atoms. The van der Waals surface area contributed by atoms with E-state index < -0.39 is 10.0 Å². The molecule has 1 saturated heterocycles. The number of nitrogens with zero attached hydrogens (tertiary/aromatic N) is 1. The quantitative estimate of drug-likeness (QED) is 0.855. The Labute approximate surface area is 95.6 Å². The van der Waals surface area contributed by atoms with E-state index in [9.17, 15) is 8.42 Å². The largest absolute Gasteiger partial charge is 0.508 e. The Kier molecular flexibility index (Phi) is 2.90. The van der Waals surface area contributed by atoms with Crippen LogP contribution in [0, 0.1) is 0 Å². The van der Waals surface area contributed by atoms with Crippen LogP contribution in [0.4, 0.5) is 0 Å². The van der Waals surface area contributed by atoms with Crippen molar-refractivity contribution in [3.05, 3.63) is 24.3 Å². The molecular formula is C11H15NO3S. The van der Waals surface area contributed by atoms with Gasteiger partial charge in [-0.25, -0.2) is 8.42 Å². The van der Waals surface area contributed by atoms with Gasteiger partial charge in [-0.15, -0.1) is 0 Å². The molecule has 0 bridgehead atoms. The zero-order chi connectivity index (χ0) is 11.8. The number of phenols is 1. The summed E-state index contributed by atoms with van der Waals surface area (Å²) in [6.07, 6.45) is 1.83. The van der Waals surface area contributed by atoms with Gasteiger partial charge in [0.2, 0.25) is 10.0 Å². The molecule has 0 saturated carbocycles. The summed E-state index contributed by atoms with van der Waals surface area (Å²) < 4.78 is 25.9. The first kappa shape index (κ1) is 11.4. The van der Waals surface area contributed by atoms with Gasteiger partial charge in [0, 0.05) is 12.6 Å². The predicted octanol–water partition coefficient (Wildman–Crippen LogP) is 1.57. The molecule has 5 heteroatoms. The maximum Gasteiger partial charge on any atom is 0.243 e. The number of aromatic hydroxyl groups is 1. The Morgan fingerprint density at radius 3 is 2.44 bits per heavy atom. The average molecular weight is 241 g/mol. The monoisotopic (exact) mass is 241 g/mol. The topological polar surface area (TPSA) is 57.6 Å². The van der Waals surface area contributed by atoms with Crippen LogP contribution in [0.2, 0.25) is 0 Å².